The lowest BCUT2D eigenvalue weighted by molar-refractivity contribution is 0.0730. The predicted molar refractivity (Wildman–Crippen MR) is 65.6 cm³/mol. The van der Waals surface area contributed by atoms with Crippen molar-refractivity contribution >= 4 is 21.6 Å². The summed E-state index contributed by atoms with van der Waals surface area (Å²) in [4.78, 5) is 0.313. The highest BCUT2D eigenvalue weighted by Gasteiger charge is 2.25. The van der Waals surface area contributed by atoms with E-state index >= 15 is 0 Å². The Kier molecular flexibility index (Phi) is 4.04. The van der Waals surface area contributed by atoms with E-state index in [2.05, 4.69) is 0 Å². The molecule has 1 aliphatic heterocycles. The van der Waals surface area contributed by atoms with Crippen molar-refractivity contribution in [1.29, 1.82) is 0 Å². The predicted octanol–water partition coefficient (Wildman–Crippen LogP) is 1.45. The Morgan fingerprint density at radius 2 is 1.76 bits per heavy atom. The van der Waals surface area contributed by atoms with Gasteiger partial charge in [0.05, 0.1) is 18.1 Å². The summed E-state index contributed by atoms with van der Waals surface area (Å²) in [7, 11) is -3.38. The summed E-state index contributed by atoms with van der Waals surface area (Å²) in [6, 6.07) is 6.67. The van der Waals surface area contributed by atoms with Crippen LogP contribution in [0.3, 0.4) is 0 Å². The molecule has 6 heteroatoms. The van der Waals surface area contributed by atoms with Gasteiger partial charge in [-0.25, -0.2) is 8.42 Å². The largest absolute Gasteiger partial charge is 0.379 e. The third-order valence-corrected chi connectivity index (χ3v) is 4.91. The van der Waals surface area contributed by atoms with Crippen LogP contribution in [0.25, 0.3) is 0 Å². The molecule has 17 heavy (non-hydrogen) atoms. The van der Waals surface area contributed by atoms with Gasteiger partial charge in [0, 0.05) is 19.0 Å². The smallest absolute Gasteiger partial charge is 0.243 e. The third kappa shape index (κ3) is 2.80. The van der Waals surface area contributed by atoms with Crippen LogP contribution in [-0.2, 0) is 20.6 Å². The number of hydrogen-bond acceptors (Lipinski definition) is 3. The first-order chi connectivity index (χ1) is 8.14. The summed E-state index contributed by atoms with van der Waals surface area (Å²) >= 11 is 5.67. The van der Waals surface area contributed by atoms with Crippen molar-refractivity contribution in [3.05, 3.63) is 29.8 Å². The van der Waals surface area contributed by atoms with Crippen LogP contribution in [0.5, 0.6) is 0 Å². The molecule has 1 saturated heterocycles. The summed E-state index contributed by atoms with van der Waals surface area (Å²) in [5, 5.41) is 0. The van der Waals surface area contributed by atoms with Gasteiger partial charge in [-0.3, -0.25) is 0 Å². The maximum Gasteiger partial charge on any atom is 0.243 e. The van der Waals surface area contributed by atoms with Gasteiger partial charge in [0.25, 0.3) is 0 Å². The second-order valence-corrected chi connectivity index (χ2v) is 6.00. The van der Waals surface area contributed by atoms with Gasteiger partial charge in [-0.15, -0.1) is 11.6 Å². The molecule has 0 saturated carbocycles. The highest BCUT2D eigenvalue weighted by molar-refractivity contribution is 7.89. The summed E-state index contributed by atoms with van der Waals surface area (Å²) in [5.74, 6) is 0.387. The molecular formula is C11H14ClNO3S. The van der Waals surface area contributed by atoms with E-state index in [1.165, 1.54) is 4.31 Å². The van der Waals surface area contributed by atoms with E-state index in [-0.39, 0.29) is 0 Å². The monoisotopic (exact) mass is 275 g/mol. The van der Waals surface area contributed by atoms with Gasteiger partial charge >= 0.3 is 0 Å². The molecule has 1 aromatic carbocycles. The number of ether oxygens (including phenoxy) is 1. The van der Waals surface area contributed by atoms with Crippen molar-refractivity contribution in [3.8, 4) is 0 Å². The summed E-state index contributed by atoms with van der Waals surface area (Å²) in [6.07, 6.45) is 0. The van der Waals surface area contributed by atoms with Crippen LogP contribution in [-0.4, -0.2) is 39.0 Å². The fourth-order valence-corrected chi connectivity index (χ4v) is 3.27. The number of alkyl halides is 1. The Morgan fingerprint density at radius 3 is 2.29 bits per heavy atom. The molecule has 4 nitrogen and oxygen atoms in total. The van der Waals surface area contributed by atoms with Crippen molar-refractivity contribution < 1.29 is 13.2 Å². The molecule has 1 fully saturated rings. The lowest BCUT2D eigenvalue weighted by Crippen LogP contribution is -2.40. The van der Waals surface area contributed by atoms with E-state index in [9.17, 15) is 8.42 Å². The number of hydrogen-bond donors (Lipinski definition) is 0. The van der Waals surface area contributed by atoms with Crippen LogP contribution >= 0.6 is 11.6 Å². The Balaban J connectivity index is 2.23. The van der Waals surface area contributed by atoms with Gasteiger partial charge < -0.3 is 4.74 Å². The molecule has 0 unspecified atom stereocenters. The Labute approximate surface area is 106 Å². The number of benzene rings is 1. The number of sulfonamides is 1. The average molecular weight is 276 g/mol. The Hall–Kier alpha value is -0.620. The van der Waals surface area contributed by atoms with Gasteiger partial charge in [-0.1, -0.05) is 12.1 Å². The second-order valence-electron chi connectivity index (χ2n) is 3.79. The first-order valence-electron chi connectivity index (χ1n) is 5.37. The molecule has 94 valence electrons. The first kappa shape index (κ1) is 12.8. The van der Waals surface area contributed by atoms with Crippen molar-refractivity contribution in [2.75, 3.05) is 26.3 Å². The SMILES string of the molecule is O=S(=O)(c1ccc(CCl)cc1)N1CCOCC1. The molecule has 0 amide bonds. The molecule has 0 atom stereocenters. The number of rotatable bonds is 3. The molecule has 1 aliphatic rings. The van der Waals surface area contributed by atoms with Gasteiger partial charge in [0.1, 0.15) is 0 Å². The number of halogens is 1. The molecular weight excluding hydrogens is 262 g/mol. The van der Waals surface area contributed by atoms with Crippen LogP contribution in [0.1, 0.15) is 5.56 Å². The fraction of sp³-hybridized carbons (Fsp3) is 0.455. The normalized spacial score (nSPS) is 18.2. The molecule has 0 spiro atoms. The quantitative estimate of drug-likeness (QED) is 0.785. The maximum atomic E-state index is 12.2. The first-order valence-corrected chi connectivity index (χ1v) is 7.35. The van der Waals surface area contributed by atoms with Gasteiger partial charge in [-0.05, 0) is 17.7 Å². The zero-order valence-corrected chi connectivity index (χ0v) is 10.9. The molecule has 0 aromatic heterocycles. The lowest BCUT2D eigenvalue weighted by atomic mass is 10.2. The minimum Gasteiger partial charge on any atom is -0.379 e. The van der Waals surface area contributed by atoms with E-state index in [0.29, 0.717) is 37.1 Å². The van der Waals surface area contributed by atoms with Gasteiger partial charge in [0.15, 0.2) is 0 Å². The molecule has 1 aromatic rings. The van der Waals surface area contributed by atoms with Crippen LogP contribution in [0.15, 0.2) is 29.2 Å². The summed E-state index contributed by atoms with van der Waals surface area (Å²) in [5.41, 5.74) is 0.910. The minimum absolute atomic E-state index is 0.313. The molecule has 2 rings (SSSR count). The second kappa shape index (κ2) is 5.35. The molecule has 0 aliphatic carbocycles. The zero-order valence-electron chi connectivity index (χ0n) is 9.30. The number of nitrogens with zero attached hydrogens (tertiary/aromatic N) is 1. The van der Waals surface area contributed by atoms with Crippen LogP contribution in [0, 0.1) is 0 Å². The topological polar surface area (TPSA) is 46.6 Å². The van der Waals surface area contributed by atoms with Crippen LogP contribution < -0.4 is 0 Å². The number of morpholine rings is 1. The molecule has 0 radical (unpaired) electrons. The Bertz CT molecular complexity index is 466. The Morgan fingerprint density at radius 1 is 1.18 bits per heavy atom. The highest BCUT2D eigenvalue weighted by Crippen LogP contribution is 2.18. The van der Waals surface area contributed by atoms with E-state index in [4.69, 9.17) is 16.3 Å². The minimum atomic E-state index is -3.38. The van der Waals surface area contributed by atoms with E-state index < -0.39 is 10.0 Å². The zero-order chi connectivity index (χ0) is 12.3. The highest BCUT2D eigenvalue weighted by atomic mass is 35.5. The standard InChI is InChI=1S/C11H14ClNO3S/c12-9-10-1-3-11(4-2-10)17(14,15)13-5-7-16-8-6-13/h1-4H,5-9H2. The maximum absolute atomic E-state index is 12.2. The molecule has 0 bridgehead atoms. The van der Waals surface area contributed by atoms with E-state index in [1.807, 2.05) is 0 Å². The lowest BCUT2D eigenvalue weighted by Gasteiger charge is -2.26. The van der Waals surface area contributed by atoms with E-state index in [1.54, 1.807) is 24.3 Å². The van der Waals surface area contributed by atoms with Crippen LogP contribution in [0.2, 0.25) is 0 Å². The fourth-order valence-electron chi connectivity index (χ4n) is 1.69. The average Bonchev–Trinajstić information content (AvgIpc) is 2.40. The van der Waals surface area contributed by atoms with Crippen molar-refractivity contribution in [2.45, 2.75) is 10.8 Å². The van der Waals surface area contributed by atoms with Gasteiger partial charge in [0.2, 0.25) is 10.0 Å². The summed E-state index contributed by atoms with van der Waals surface area (Å²) < 4.78 is 31.0. The van der Waals surface area contributed by atoms with Crippen LogP contribution in [0.4, 0.5) is 0 Å². The molecule has 1 heterocycles. The van der Waals surface area contributed by atoms with E-state index in [0.717, 1.165) is 5.56 Å². The van der Waals surface area contributed by atoms with Crippen molar-refractivity contribution in [3.63, 3.8) is 0 Å². The summed E-state index contributed by atoms with van der Waals surface area (Å²) in [6.45, 7) is 1.75. The van der Waals surface area contributed by atoms with Crippen molar-refractivity contribution in [1.82, 2.24) is 4.31 Å². The molecule has 0 N–H and O–H groups in total. The van der Waals surface area contributed by atoms with Crippen molar-refractivity contribution in [2.24, 2.45) is 0 Å². The third-order valence-electron chi connectivity index (χ3n) is 2.69. The van der Waals surface area contributed by atoms with Gasteiger partial charge in [-0.2, -0.15) is 4.31 Å².